The molecule has 1 fully saturated rings. The maximum atomic E-state index is 12.9. The van der Waals surface area contributed by atoms with E-state index < -0.39 is 11.8 Å². The number of aliphatic carboxylic acids is 1. The molecule has 1 rings (SSSR count). The van der Waals surface area contributed by atoms with E-state index in [2.05, 4.69) is 0 Å². The van der Waals surface area contributed by atoms with Crippen molar-refractivity contribution in [2.75, 3.05) is 0 Å². The van der Waals surface area contributed by atoms with Gasteiger partial charge >= 0.3 is 5.97 Å². The van der Waals surface area contributed by atoms with E-state index in [4.69, 9.17) is 5.11 Å². The first-order valence-corrected chi connectivity index (χ1v) is 4.03. The average molecular weight is 172 g/mol. The predicted molar refractivity (Wildman–Crippen MR) is 43.4 cm³/mol. The van der Waals surface area contributed by atoms with Gasteiger partial charge in [-0.1, -0.05) is 13.8 Å². The molecule has 3 heteroatoms. The first-order chi connectivity index (χ1) is 5.42. The van der Waals surface area contributed by atoms with Crippen molar-refractivity contribution < 1.29 is 14.3 Å². The van der Waals surface area contributed by atoms with Gasteiger partial charge in [0.15, 0.2) is 0 Å². The molecule has 1 aliphatic rings. The van der Waals surface area contributed by atoms with Gasteiger partial charge in [-0.2, -0.15) is 4.39 Å². The average Bonchev–Trinajstić information content (AvgIpc) is 2.28. The van der Waals surface area contributed by atoms with E-state index in [0.29, 0.717) is 18.4 Å². The fourth-order valence-electron chi connectivity index (χ4n) is 1.58. The molecular formula is C9H13FO2. The van der Waals surface area contributed by atoms with Gasteiger partial charge in [0.1, 0.15) is 0 Å². The SMILES string of the molecule is CC1(C)CC/C(=C(/F)C(=O)O)C1. The third-order valence-electron chi connectivity index (χ3n) is 2.29. The Labute approximate surface area is 71.1 Å². The smallest absolute Gasteiger partial charge is 0.364 e. The highest BCUT2D eigenvalue weighted by molar-refractivity contribution is 5.85. The lowest BCUT2D eigenvalue weighted by molar-refractivity contribution is -0.134. The summed E-state index contributed by atoms with van der Waals surface area (Å²) < 4.78 is 12.9. The molecule has 0 atom stereocenters. The summed E-state index contributed by atoms with van der Waals surface area (Å²) >= 11 is 0. The number of carbonyl (C=O) groups is 1. The monoisotopic (exact) mass is 172 g/mol. The Balaban J connectivity index is 2.81. The Kier molecular flexibility index (Phi) is 2.22. The predicted octanol–water partition coefficient (Wildman–Crippen LogP) is 2.50. The van der Waals surface area contributed by atoms with Crippen molar-refractivity contribution in [1.82, 2.24) is 0 Å². The first kappa shape index (κ1) is 9.23. The van der Waals surface area contributed by atoms with Crippen LogP contribution in [0.3, 0.4) is 0 Å². The van der Waals surface area contributed by atoms with Crippen molar-refractivity contribution in [2.45, 2.75) is 33.1 Å². The molecule has 0 aromatic rings. The van der Waals surface area contributed by atoms with Gasteiger partial charge in [-0.3, -0.25) is 0 Å². The molecule has 0 amide bonds. The van der Waals surface area contributed by atoms with Crippen LogP contribution in [0.2, 0.25) is 0 Å². The highest BCUT2D eigenvalue weighted by Crippen LogP contribution is 2.41. The topological polar surface area (TPSA) is 37.3 Å². The minimum absolute atomic E-state index is 0.0716. The van der Waals surface area contributed by atoms with Crippen LogP contribution in [0.1, 0.15) is 33.1 Å². The van der Waals surface area contributed by atoms with Crippen LogP contribution in [-0.2, 0) is 4.79 Å². The Morgan fingerprint density at radius 1 is 1.58 bits per heavy atom. The molecule has 0 bridgehead atoms. The van der Waals surface area contributed by atoms with E-state index in [-0.39, 0.29) is 5.41 Å². The molecule has 0 aliphatic heterocycles. The minimum Gasteiger partial charge on any atom is -0.476 e. The van der Waals surface area contributed by atoms with Crippen LogP contribution < -0.4 is 0 Å². The van der Waals surface area contributed by atoms with Crippen LogP contribution in [0.5, 0.6) is 0 Å². The number of halogens is 1. The summed E-state index contributed by atoms with van der Waals surface area (Å²) in [6.07, 6.45) is 2.04. The van der Waals surface area contributed by atoms with Crippen molar-refractivity contribution in [1.29, 1.82) is 0 Å². The molecule has 1 saturated carbocycles. The lowest BCUT2D eigenvalue weighted by Crippen LogP contribution is -2.04. The molecular weight excluding hydrogens is 159 g/mol. The van der Waals surface area contributed by atoms with Crippen LogP contribution in [0.25, 0.3) is 0 Å². The Hall–Kier alpha value is -0.860. The molecule has 0 radical (unpaired) electrons. The molecule has 1 N–H and O–H groups in total. The summed E-state index contributed by atoms with van der Waals surface area (Å²) in [4.78, 5) is 10.3. The minimum atomic E-state index is -1.43. The molecule has 0 unspecified atom stereocenters. The first-order valence-electron chi connectivity index (χ1n) is 4.03. The van der Waals surface area contributed by atoms with Crippen molar-refractivity contribution >= 4 is 5.97 Å². The van der Waals surface area contributed by atoms with Crippen LogP contribution in [0.4, 0.5) is 4.39 Å². The normalized spacial score (nSPS) is 25.6. The molecule has 0 saturated heterocycles. The second-order valence-corrected chi connectivity index (χ2v) is 4.06. The highest BCUT2D eigenvalue weighted by Gasteiger charge is 2.30. The van der Waals surface area contributed by atoms with E-state index in [0.717, 1.165) is 6.42 Å². The fraction of sp³-hybridized carbons (Fsp3) is 0.667. The van der Waals surface area contributed by atoms with Gasteiger partial charge in [-0.15, -0.1) is 0 Å². The standard InChI is InChI=1S/C9H13FO2/c1-9(2)4-3-6(5-9)7(10)8(11)12/h3-5H2,1-2H3,(H,11,12)/b7-6-. The Morgan fingerprint density at radius 2 is 2.17 bits per heavy atom. The van der Waals surface area contributed by atoms with E-state index in [9.17, 15) is 9.18 Å². The van der Waals surface area contributed by atoms with Crippen molar-refractivity contribution in [2.24, 2.45) is 5.41 Å². The van der Waals surface area contributed by atoms with Crippen LogP contribution >= 0.6 is 0 Å². The summed E-state index contributed by atoms with van der Waals surface area (Å²) in [5.41, 5.74) is 0.537. The van der Waals surface area contributed by atoms with Crippen molar-refractivity contribution in [3.8, 4) is 0 Å². The summed E-state index contributed by atoms with van der Waals surface area (Å²) in [5, 5.41) is 8.38. The third-order valence-corrected chi connectivity index (χ3v) is 2.29. The van der Waals surface area contributed by atoms with Gasteiger partial charge in [0, 0.05) is 0 Å². The lowest BCUT2D eigenvalue weighted by Gasteiger charge is -2.14. The van der Waals surface area contributed by atoms with E-state index in [1.165, 1.54) is 0 Å². The van der Waals surface area contributed by atoms with Gasteiger partial charge in [-0.25, -0.2) is 4.79 Å². The number of hydrogen-bond donors (Lipinski definition) is 1. The number of carboxylic acids is 1. The molecule has 68 valence electrons. The number of hydrogen-bond acceptors (Lipinski definition) is 1. The van der Waals surface area contributed by atoms with Crippen LogP contribution in [0, 0.1) is 5.41 Å². The molecule has 2 nitrogen and oxygen atoms in total. The molecule has 0 spiro atoms. The highest BCUT2D eigenvalue weighted by atomic mass is 19.1. The molecule has 0 aromatic carbocycles. The largest absolute Gasteiger partial charge is 0.476 e. The zero-order chi connectivity index (χ0) is 9.35. The van der Waals surface area contributed by atoms with Crippen molar-refractivity contribution in [3.05, 3.63) is 11.4 Å². The van der Waals surface area contributed by atoms with Gasteiger partial charge in [0.05, 0.1) is 0 Å². The summed E-state index contributed by atoms with van der Waals surface area (Å²) in [7, 11) is 0. The third kappa shape index (κ3) is 1.84. The Morgan fingerprint density at radius 3 is 2.50 bits per heavy atom. The quantitative estimate of drug-likeness (QED) is 0.617. The number of carboxylic acid groups (broad SMARTS) is 1. The van der Waals surface area contributed by atoms with Crippen molar-refractivity contribution in [3.63, 3.8) is 0 Å². The maximum Gasteiger partial charge on any atom is 0.364 e. The maximum absolute atomic E-state index is 12.9. The van der Waals surface area contributed by atoms with Gasteiger partial charge < -0.3 is 5.11 Å². The van der Waals surface area contributed by atoms with E-state index >= 15 is 0 Å². The van der Waals surface area contributed by atoms with Gasteiger partial charge in [0.2, 0.25) is 5.83 Å². The fourth-order valence-corrected chi connectivity index (χ4v) is 1.58. The molecule has 12 heavy (non-hydrogen) atoms. The number of allylic oxidation sites excluding steroid dienone is 1. The van der Waals surface area contributed by atoms with E-state index in [1.54, 1.807) is 0 Å². The molecule has 0 aromatic heterocycles. The lowest BCUT2D eigenvalue weighted by atomic mass is 9.91. The van der Waals surface area contributed by atoms with Gasteiger partial charge in [0.25, 0.3) is 0 Å². The summed E-state index contributed by atoms with van der Waals surface area (Å²) in [6.45, 7) is 4.05. The second kappa shape index (κ2) is 2.88. The second-order valence-electron chi connectivity index (χ2n) is 4.06. The molecule has 0 heterocycles. The van der Waals surface area contributed by atoms with Crippen LogP contribution in [-0.4, -0.2) is 11.1 Å². The zero-order valence-electron chi connectivity index (χ0n) is 7.35. The van der Waals surface area contributed by atoms with Crippen LogP contribution in [0.15, 0.2) is 11.4 Å². The summed E-state index contributed by atoms with van der Waals surface area (Å²) in [6, 6.07) is 0. The van der Waals surface area contributed by atoms with Gasteiger partial charge in [-0.05, 0) is 30.3 Å². The summed E-state index contributed by atoms with van der Waals surface area (Å²) in [5.74, 6) is -2.37. The zero-order valence-corrected chi connectivity index (χ0v) is 7.35. The number of rotatable bonds is 1. The molecule has 1 aliphatic carbocycles. The Bertz CT molecular complexity index is 241. The van der Waals surface area contributed by atoms with E-state index in [1.807, 2.05) is 13.8 Å².